The van der Waals surface area contributed by atoms with Crippen molar-refractivity contribution in [1.29, 1.82) is 0 Å². The topological polar surface area (TPSA) is 131 Å². The minimum Gasteiger partial charge on any atom is -0.472 e. The van der Waals surface area contributed by atoms with Crippen molar-refractivity contribution in [1.82, 2.24) is 24.8 Å². The molecule has 2 saturated carbocycles. The van der Waals surface area contributed by atoms with Crippen LogP contribution in [-0.4, -0.2) is 64.4 Å². The molecule has 4 heterocycles. The number of nitrogens with one attached hydrogen (secondary N) is 1. The van der Waals surface area contributed by atoms with Crippen molar-refractivity contribution in [3.63, 3.8) is 0 Å². The Morgan fingerprint density at radius 1 is 1.00 bits per heavy atom. The van der Waals surface area contributed by atoms with E-state index in [0.29, 0.717) is 36.4 Å². The van der Waals surface area contributed by atoms with Crippen LogP contribution in [0.3, 0.4) is 0 Å². The molecular formula is C41H49N7O4S. The van der Waals surface area contributed by atoms with Crippen molar-refractivity contribution in [2.75, 3.05) is 16.7 Å². The molecule has 3 unspecified atom stereocenters. The van der Waals surface area contributed by atoms with E-state index in [1.807, 2.05) is 50.1 Å². The molecule has 4 bridgehead atoms. The Balaban J connectivity index is 1.26. The van der Waals surface area contributed by atoms with Gasteiger partial charge in [0, 0.05) is 30.3 Å². The molecule has 4 aliphatic rings. The van der Waals surface area contributed by atoms with E-state index < -0.39 is 22.2 Å². The second kappa shape index (κ2) is 13.4. The fourth-order valence-corrected chi connectivity index (χ4v) is 9.78. The number of amides is 1. The summed E-state index contributed by atoms with van der Waals surface area (Å²) in [6.45, 7) is 10.3. The molecule has 2 aliphatic carbocycles. The Labute approximate surface area is 312 Å². The van der Waals surface area contributed by atoms with Crippen molar-refractivity contribution in [3.05, 3.63) is 82.8 Å². The highest BCUT2D eigenvalue weighted by Crippen LogP contribution is 2.62. The largest absolute Gasteiger partial charge is 0.472 e. The molecule has 1 N–H and O–H groups in total. The molecule has 0 radical (unpaired) electrons. The number of nitrogens with zero attached hydrogens (tertiary/aromatic N) is 6. The van der Waals surface area contributed by atoms with E-state index in [9.17, 15) is 8.42 Å². The number of rotatable bonds is 6. The van der Waals surface area contributed by atoms with E-state index in [0.717, 1.165) is 40.3 Å². The third kappa shape index (κ3) is 6.75. The highest BCUT2D eigenvalue weighted by Gasteiger charge is 2.54. The summed E-state index contributed by atoms with van der Waals surface area (Å²) in [6, 6.07) is 13.7. The Hall–Kier alpha value is -4.58. The molecule has 2 aliphatic heterocycles. The van der Waals surface area contributed by atoms with Crippen LogP contribution in [0.2, 0.25) is 0 Å². The first-order chi connectivity index (χ1) is 25.3. The Morgan fingerprint density at radius 3 is 2.45 bits per heavy atom. The lowest BCUT2D eigenvalue weighted by molar-refractivity contribution is 0.000313. The van der Waals surface area contributed by atoms with Crippen molar-refractivity contribution in [3.8, 4) is 17.1 Å². The van der Waals surface area contributed by atoms with Crippen LogP contribution in [-0.2, 0) is 10.0 Å². The lowest BCUT2D eigenvalue weighted by Gasteiger charge is -2.46. The van der Waals surface area contributed by atoms with Crippen LogP contribution in [0, 0.1) is 32.1 Å². The van der Waals surface area contributed by atoms with Gasteiger partial charge in [0.2, 0.25) is 11.8 Å². The molecule has 1 spiro atoms. The SMILES string of the molecule is Cc1cccc(C)c1-c1cc2nc(n1)NS(=O)(=O)c1cccc(c1)C(=O)N1C(c3nc(N(C)C4CC5(CC5)C4)cnc3C)CCCC1C(CC(C)C)O2. The average molecular weight is 736 g/mol. The van der Waals surface area contributed by atoms with Gasteiger partial charge in [-0.2, -0.15) is 4.98 Å². The molecular weight excluding hydrogens is 687 g/mol. The number of ether oxygens (including phenoxy) is 1. The number of hydrogen-bond acceptors (Lipinski definition) is 9. The first-order valence-corrected chi connectivity index (χ1v) is 20.4. The quantitative estimate of drug-likeness (QED) is 0.213. The zero-order chi connectivity index (χ0) is 37.2. The van der Waals surface area contributed by atoms with Crippen molar-refractivity contribution in [2.24, 2.45) is 11.3 Å². The molecule has 3 fully saturated rings. The number of benzene rings is 2. The third-order valence-electron chi connectivity index (χ3n) is 11.9. The number of fused-ring (bicyclic) bond motifs is 5. The van der Waals surface area contributed by atoms with Crippen LogP contribution in [0.15, 0.2) is 59.6 Å². The van der Waals surface area contributed by atoms with Gasteiger partial charge in [0.1, 0.15) is 11.9 Å². The van der Waals surface area contributed by atoms with Crippen LogP contribution < -0.4 is 14.4 Å². The van der Waals surface area contributed by atoms with E-state index in [2.05, 4.69) is 35.5 Å². The lowest BCUT2D eigenvalue weighted by atomic mass is 9.76. The van der Waals surface area contributed by atoms with Gasteiger partial charge in [-0.1, -0.05) is 38.1 Å². The maximum absolute atomic E-state index is 15.0. The Morgan fingerprint density at radius 2 is 1.74 bits per heavy atom. The van der Waals surface area contributed by atoms with E-state index in [-0.39, 0.29) is 40.2 Å². The highest BCUT2D eigenvalue weighted by atomic mass is 32.2. The standard InChI is InChI=1S/C41H49N7O4S/c1-24(2)18-34-32-14-9-15-33(38-27(5)42-23-35(44-38)47(6)29-21-41(22-29)16-17-41)48(32)39(49)28-12-8-13-30(19-28)53(50,51)46-40-43-31(20-36(45-40)52-34)37-25(3)10-7-11-26(37)4/h7-8,10-13,19-20,23-24,29,32-34H,9,14-18,21-22H2,1-6H3,(H,43,45,46). The van der Waals surface area contributed by atoms with Gasteiger partial charge in [-0.3, -0.25) is 9.78 Å². The summed E-state index contributed by atoms with van der Waals surface area (Å²) >= 11 is 0. The van der Waals surface area contributed by atoms with Gasteiger partial charge in [-0.05, 0) is 113 Å². The van der Waals surface area contributed by atoms with Gasteiger partial charge in [0.15, 0.2) is 0 Å². The third-order valence-corrected chi connectivity index (χ3v) is 13.2. The smallest absolute Gasteiger partial charge is 0.264 e. The van der Waals surface area contributed by atoms with Crippen molar-refractivity contribution < 1.29 is 17.9 Å². The molecule has 278 valence electrons. The molecule has 53 heavy (non-hydrogen) atoms. The first-order valence-electron chi connectivity index (χ1n) is 18.9. The second-order valence-corrected chi connectivity index (χ2v) is 17.9. The van der Waals surface area contributed by atoms with Crippen molar-refractivity contribution >= 4 is 27.7 Å². The number of sulfonamides is 1. The summed E-state index contributed by atoms with van der Waals surface area (Å²) in [5.74, 6) is 0.925. The van der Waals surface area contributed by atoms with Gasteiger partial charge in [-0.25, -0.2) is 23.1 Å². The zero-order valence-electron chi connectivity index (χ0n) is 31.5. The summed E-state index contributed by atoms with van der Waals surface area (Å²) < 4.78 is 37.4. The maximum Gasteiger partial charge on any atom is 0.264 e. The predicted molar refractivity (Wildman–Crippen MR) is 204 cm³/mol. The van der Waals surface area contributed by atoms with Crippen LogP contribution >= 0.6 is 0 Å². The van der Waals surface area contributed by atoms with E-state index >= 15 is 4.79 Å². The molecule has 11 nitrogen and oxygen atoms in total. The number of hydrogen-bond donors (Lipinski definition) is 1. The molecule has 2 aromatic carbocycles. The minimum absolute atomic E-state index is 0.0523. The van der Waals surface area contributed by atoms with Crippen LogP contribution in [0.1, 0.15) is 104 Å². The van der Waals surface area contributed by atoms with E-state index in [1.165, 1.54) is 37.8 Å². The number of aromatic nitrogens is 4. The fraction of sp³-hybridized carbons (Fsp3) is 0.488. The summed E-state index contributed by atoms with van der Waals surface area (Å²) in [7, 11) is -2.09. The van der Waals surface area contributed by atoms with Gasteiger partial charge < -0.3 is 14.5 Å². The first kappa shape index (κ1) is 35.4. The minimum atomic E-state index is -4.19. The van der Waals surface area contributed by atoms with Crippen LogP contribution in [0.25, 0.3) is 11.3 Å². The molecule has 3 atom stereocenters. The number of carbonyl (C=O) groups excluding carboxylic acids is 1. The average Bonchev–Trinajstić information content (AvgIpc) is 3.91. The molecule has 8 rings (SSSR count). The number of anilines is 2. The van der Waals surface area contributed by atoms with Crippen molar-refractivity contribution in [2.45, 2.75) is 115 Å². The predicted octanol–water partition coefficient (Wildman–Crippen LogP) is 7.58. The van der Waals surface area contributed by atoms with Gasteiger partial charge in [0.25, 0.3) is 15.9 Å². The zero-order valence-corrected chi connectivity index (χ0v) is 32.3. The Bertz CT molecular complexity index is 2160. The second-order valence-electron chi connectivity index (χ2n) is 16.2. The molecule has 12 heteroatoms. The molecule has 2 aromatic heterocycles. The number of piperidine rings is 1. The summed E-state index contributed by atoms with van der Waals surface area (Å²) in [6.07, 6.45) is 9.29. The monoisotopic (exact) mass is 735 g/mol. The molecule has 1 saturated heterocycles. The summed E-state index contributed by atoms with van der Waals surface area (Å²) in [5.41, 5.74) is 5.80. The van der Waals surface area contributed by atoms with E-state index in [1.54, 1.807) is 18.2 Å². The Kier molecular flexibility index (Phi) is 8.94. The van der Waals surface area contributed by atoms with Crippen LogP contribution in [0.4, 0.5) is 11.8 Å². The summed E-state index contributed by atoms with van der Waals surface area (Å²) in [5, 5.41) is 0. The molecule has 4 aromatic rings. The molecule has 1 amide bonds. The highest BCUT2D eigenvalue weighted by molar-refractivity contribution is 7.92. The normalized spacial score (nSPS) is 23.1. The van der Waals surface area contributed by atoms with Gasteiger partial charge in [0.05, 0.1) is 40.3 Å². The number of carbonyl (C=O) groups is 1. The number of aryl methyl sites for hydroxylation is 3. The van der Waals surface area contributed by atoms with Gasteiger partial charge >= 0.3 is 0 Å². The van der Waals surface area contributed by atoms with Gasteiger partial charge in [-0.15, -0.1) is 0 Å². The summed E-state index contributed by atoms with van der Waals surface area (Å²) in [4.78, 5) is 38.6. The lowest BCUT2D eigenvalue weighted by Crippen LogP contribution is -2.53. The van der Waals surface area contributed by atoms with E-state index in [4.69, 9.17) is 19.7 Å². The van der Waals surface area contributed by atoms with Crippen LogP contribution in [0.5, 0.6) is 5.88 Å². The fourth-order valence-electron chi connectivity index (χ4n) is 8.79. The maximum atomic E-state index is 15.0.